The zero-order valence-electron chi connectivity index (χ0n) is 16.1. The first-order valence-corrected chi connectivity index (χ1v) is 9.97. The van der Waals surface area contributed by atoms with Crippen LogP contribution >= 0.6 is 0 Å². The van der Waals surface area contributed by atoms with Crippen LogP contribution in [-0.2, 0) is 11.3 Å². The molecule has 2 fully saturated rings. The summed E-state index contributed by atoms with van der Waals surface area (Å²) in [6, 6.07) is 11.1. The Labute approximate surface area is 161 Å². The summed E-state index contributed by atoms with van der Waals surface area (Å²) in [4.78, 5) is 13.9. The second-order valence-corrected chi connectivity index (χ2v) is 7.46. The number of piperidine rings is 1. The molecular weight excluding hydrogens is 338 g/mol. The number of nitrogens with zero attached hydrogens (tertiary/aromatic N) is 4. The Morgan fingerprint density at radius 2 is 1.85 bits per heavy atom. The van der Waals surface area contributed by atoms with Crippen LogP contribution in [0.25, 0.3) is 0 Å². The third kappa shape index (κ3) is 4.76. The Morgan fingerprint density at radius 3 is 2.63 bits per heavy atom. The smallest absolute Gasteiger partial charge is 0.227 e. The molecular formula is C21H29N5O. The molecule has 0 radical (unpaired) electrons. The summed E-state index contributed by atoms with van der Waals surface area (Å²) < 4.78 is 5.42. The van der Waals surface area contributed by atoms with Crippen molar-refractivity contribution in [2.24, 2.45) is 0 Å². The van der Waals surface area contributed by atoms with Gasteiger partial charge in [0, 0.05) is 45.0 Å². The van der Waals surface area contributed by atoms with Crippen molar-refractivity contribution in [3.8, 4) is 0 Å². The molecule has 6 nitrogen and oxygen atoms in total. The van der Waals surface area contributed by atoms with Crippen LogP contribution in [0.5, 0.6) is 0 Å². The van der Waals surface area contributed by atoms with Gasteiger partial charge < -0.3 is 15.0 Å². The SMILES string of the molecule is Cc1ccccc1CN1CCC(Nc2ccnc(N3CCOCC3)n2)CC1. The van der Waals surface area contributed by atoms with E-state index in [2.05, 4.69) is 51.3 Å². The van der Waals surface area contributed by atoms with Gasteiger partial charge in [-0.1, -0.05) is 24.3 Å². The summed E-state index contributed by atoms with van der Waals surface area (Å²) in [5.74, 6) is 1.74. The van der Waals surface area contributed by atoms with E-state index in [1.807, 2.05) is 12.3 Å². The monoisotopic (exact) mass is 367 g/mol. The lowest BCUT2D eigenvalue weighted by Gasteiger charge is -2.33. The molecule has 1 aromatic heterocycles. The molecule has 2 aliphatic heterocycles. The van der Waals surface area contributed by atoms with Crippen LogP contribution < -0.4 is 10.2 Å². The highest BCUT2D eigenvalue weighted by atomic mass is 16.5. The number of benzene rings is 1. The van der Waals surface area contributed by atoms with Crippen molar-refractivity contribution in [3.63, 3.8) is 0 Å². The number of rotatable bonds is 5. The molecule has 2 aromatic rings. The average Bonchev–Trinajstić information content (AvgIpc) is 2.72. The summed E-state index contributed by atoms with van der Waals surface area (Å²) in [6.45, 7) is 8.71. The minimum absolute atomic E-state index is 0.477. The lowest BCUT2D eigenvalue weighted by molar-refractivity contribution is 0.122. The molecule has 2 saturated heterocycles. The van der Waals surface area contributed by atoms with Crippen molar-refractivity contribution < 1.29 is 4.74 Å². The van der Waals surface area contributed by atoms with Gasteiger partial charge >= 0.3 is 0 Å². The van der Waals surface area contributed by atoms with Crippen LogP contribution in [0.2, 0.25) is 0 Å². The van der Waals surface area contributed by atoms with Gasteiger partial charge in [0.25, 0.3) is 0 Å². The van der Waals surface area contributed by atoms with Crippen molar-refractivity contribution >= 4 is 11.8 Å². The van der Waals surface area contributed by atoms with Crippen LogP contribution in [0.15, 0.2) is 36.5 Å². The van der Waals surface area contributed by atoms with Crippen LogP contribution in [0.1, 0.15) is 24.0 Å². The van der Waals surface area contributed by atoms with Gasteiger partial charge in [-0.15, -0.1) is 0 Å². The number of aromatic nitrogens is 2. The molecule has 2 aliphatic rings. The quantitative estimate of drug-likeness (QED) is 0.877. The second kappa shape index (κ2) is 8.67. The van der Waals surface area contributed by atoms with Crippen LogP contribution in [0.3, 0.4) is 0 Å². The van der Waals surface area contributed by atoms with E-state index in [-0.39, 0.29) is 0 Å². The van der Waals surface area contributed by atoms with E-state index in [1.54, 1.807) is 0 Å². The Morgan fingerprint density at radius 1 is 1.07 bits per heavy atom. The number of hydrogen-bond donors (Lipinski definition) is 1. The van der Waals surface area contributed by atoms with Crippen molar-refractivity contribution in [3.05, 3.63) is 47.7 Å². The number of morpholine rings is 1. The summed E-state index contributed by atoms with van der Waals surface area (Å²) in [6.07, 6.45) is 4.14. The molecule has 0 saturated carbocycles. The zero-order chi connectivity index (χ0) is 18.5. The van der Waals surface area contributed by atoms with E-state index < -0.39 is 0 Å². The standard InChI is InChI=1S/C21H29N5O/c1-17-4-2-3-5-18(17)16-25-10-7-19(8-11-25)23-20-6-9-22-21(24-20)26-12-14-27-15-13-26/h2-6,9,19H,7-8,10-16H2,1H3,(H,22,23,24). The summed E-state index contributed by atoms with van der Waals surface area (Å²) >= 11 is 0. The van der Waals surface area contributed by atoms with Gasteiger partial charge in [-0.3, -0.25) is 4.90 Å². The van der Waals surface area contributed by atoms with Crippen molar-refractivity contribution in [1.82, 2.24) is 14.9 Å². The molecule has 0 spiro atoms. The lowest BCUT2D eigenvalue weighted by atomic mass is 10.0. The maximum Gasteiger partial charge on any atom is 0.227 e. The lowest BCUT2D eigenvalue weighted by Crippen LogP contribution is -2.39. The normalized spacial score (nSPS) is 19.2. The van der Waals surface area contributed by atoms with E-state index in [0.717, 1.165) is 70.5 Å². The van der Waals surface area contributed by atoms with E-state index in [9.17, 15) is 0 Å². The largest absolute Gasteiger partial charge is 0.378 e. The summed E-state index contributed by atoms with van der Waals surface area (Å²) in [7, 11) is 0. The Bertz CT molecular complexity index is 739. The number of anilines is 2. The fourth-order valence-corrected chi connectivity index (χ4v) is 3.82. The molecule has 0 atom stereocenters. The topological polar surface area (TPSA) is 53.5 Å². The molecule has 4 rings (SSSR count). The molecule has 1 N–H and O–H groups in total. The third-order valence-electron chi connectivity index (χ3n) is 5.53. The van der Waals surface area contributed by atoms with Gasteiger partial charge in [0.15, 0.2) is 0 Å². The Kier molecular flexibility index (Phi) is 5.84. The fourth-order valence-electron chi connectivity index (χ4n) is 3.82. The van der Waals surface area contributed by atoms with Crippen LogP contribution in [0, 0.1) is 6.92 Å². The number of ether oxygens (including phenoxy) is 1. The molecule has 144 valence electrons. The molecule has 0 unspecified atom stereocenters. The first kappa shape index (κ1) is 18.2. The Hall–Kier alpha value is -2.18. The van der Waals surface area contributed by atoms with Crippen LogP contribution in [0.4, 0.5) is 11.8 Å². The average molecular weight is 367 g/mol. The summed E-state index contributed by atoms with van der Waals surface area (Å²) in [5.41, 5.74) is 2.82. The minimum Gasteiger partial charge on any atom is -0.378 e. The van der Waals surface area contributed by atoms with E-state index in [1.165, 1.54) is 11.1 Å². The highest BCUT2D eigenvalue weighted by molar-refractivity contribution is 5.42. The number of aryl methyl sites for hydroxylation is 1. The number of likely N-dealkylation sites (tertiary alicyclic amines) is 1. The van der Waals surface area contributed by atoms with Gasteiger partial charge in [-0.25, -0.2) is 4.98 Å². The predicted octanol–water partition coefficient (Wildman–Crippen LogP) is 2.70. The molecule has 0 aliphatic carbocycles. The Balaban J connectivity index is 1.29. The first-order chi connectivity index (χ1) is 13.3. The van der Waals surface area contributed by atoms with E-state index >= 15 is 0 Å². The van der Waals surface area contributed by atoms with Gasteiger partial charge in [0.1, 0.15) is 5.82 Å². The highest BCUT2D eigenvalue weighted by Crippen LogP contribution is 2.19. The van der Waals surface area contributed by atoms with Crippen molar-refractivity contribution in [2.75, 3.05) is 49.6 Å². The van der Waals surface area contributed by atoms with E-state index in [0.29, 0.717) is 6.04 Å². The van der Waals surface area contributed by atoms with Gasteiger partial charge in [0.05, 0.1) is 13.2 Å². The third-order valence-corrected chi connectivity index (χ3v) is 5.53. The molecule has 0 amide bonds. The first-order valence-electron chi connectivity index (χ1n) is 9.97. The minimum atomic E-state index is 0.477. The molecule has 1 aromatic carbocycles. The zero-order valence-corrected chi connectivity index (χ0v) is 16.1. The van der Waals surface area contributed by atoms with Crippen molar-refractivity contribution in [1.29, 1.82) is 0 Å². The summed E-state index contributed by atoms with van der Waals surface area (Å²) in [5, 5.41) is 3.62. The highest BCUT2D eigenvalue weighted by Gasteiger charge is 2.20. The second-order valence-electron chi connectivity index (χ2n) is 7.46. The van der Waals surface area contributed by atoms with Crippen molar-refractivity contribution in [2.45, 2.75) is 32.4 Å². The maximum atomic E-state index is 5.42. The molecule has 27 heavy (non-hydrogen) atoms. The maximum absolute atomic E-state index is 5.42. The van der Waals surface area contributed by atoms with Gasteiger partial charge in [-0.2, -0.15) is 4.98 Å². The fraction of sp³-hybridized carbons (Fsp3) is 0.524. The predicted molar refractivity (Wildman–Crippen MR) is 108 cm³/mol. The molecule has 3 heterocycles. The van der Waals surface area contributed by atoms with Crippen LogP contribution in [-0.4, -0.2) is 60.3 Å². The molecule has 6 heteroatoms. The van der Waals surface area contributed by atoms with E-state index in [4.69, 9.17) is 9.72 Å². The number of hydrogen-bond acceptors (Lipinski definition) is 6. The number of nitrogens with one attached hydrogen (secondary N) is 1. The molecule has 0 bridgehead atoms. The van der Waals surface area contributed by atoms with Gasteiger partial charge in [0.2, 0.25) is 5.95 Å². The van der Waals surface area contributed by atoms with Gasteiger partial charge in [-0.05, 0) is 37.0 Å².